The van der Waals surface area contributed by atoms with Gasteiger partial charge in [-0.25, -0.2) is 0 Å². The normalized spacial score (nSPS) is 20.8. The van der Waals surface area contributed by atoms with E-state index in [0.29, 0.717) is 47.1 Å². The van der Waals surface area contributed by atoms with Crippen LogP contribution in [0.4, 0.5) is 0 Å². The zero-order valence-electron chi connectivity index (χ0n) is 19.9. The lowest BCUT2D eigenvalue weighted by Gasteiger charge is -2.36. The first-order valence-electron chi connectivity index (χ1n) is 12.2. The fourth-order valence-corrected chi connectivity index (χ4v) is 5.31. The van der Waals surface area contributed by atoms with Gasteiger partial charge in [0.15, 0.2) is 0 Å². The highest BCUT2D eigenvalue weighted by Crippen LogP contribution is 2.26. The van der Waals surface area contributed by atoms with Crippen molar-refractivity contribution in [3.8, 4) is 0 Å². The number of hydrogen-bond acceptors (Lipinski definition) is 3. The number of aryl methyl sites for hydroxylation is 1. The molecule has 2 aliphatic rings. The Bertz CT molecular complexity index is 1100. The van der Waals surface area contributed by atoms with Gasteiger partial charge >= 0.3 is 0 Å². The van der Waals surface area contributed by atoms with Crippen LogP contribution in [-0.4, -0.2) is 47.8 Å². The molecule has 8 heteroatoms. The summed E-state index contributed by atoms with van der Waals surface area (Å²) in [4.78, 5) is 40.5. The van der Waals surface area contributed by atoms with Crippen molar-refractivity contribution in [2.75, 3.05) is 13.1 Å². The quantitative estimate of drug-likeness (QED) is 0.587. The van der Waals surface area contributed by atoms with Crippen LogP contribution in [0.5, 0.6) is 0 Å². The Morgan fingerprint density at radius 2 is 1.51 bits per heavy atom. The highest BCUT2D eigenvalue weighted by molar-refractivity contribution is 6.42. The van der Waals surface area contributed by atoms with Crippen molar-refractivity contribution in [1.82, 2.24) is 15.5 Å². The Hall–Kier alpha value is -2.57. The minimum absolute atomic E-state index is 0.00803. The second-order valence-corrected chi connectivity index (χ2v) is 10.3. The fourth-order valence-electron chi connectivity index (χ4n) is 5.01. The Balaban J connectivity index is 1.31. The van der Waals surface area contributed by atoms with Crippen LogP contribution in [0.1, 0.15) is 64.8 Å². The van der Waals surface area contributed by atoms with Crippen LogP contribution in [0.25, 0.3) is 0 Å². The van der Waals surface area contributed by atoms with Crippen LogP contribution in [-0.2, 0) is 4.79 Å². The predicted molar refractivity (Wildman–Crippen MR) is 138 cm³/mol. The summed E-state index contributed by atoms with van der Waals surface area (Å²) in [5, 5.41) is 7.13. The zero-order chi connectivity index (χ0) is 24.9. The summed E-state index contributed by atoms with van der Waals surface area (Å²) in [6.07, 6.45) is 4.95. The molecule has 4 rings (SSSR count). The summed E-state index contributed by atoms with van der Waals surface area (Å²) >= 11 is 12.0. The molecule has 2 atom stereocenters. The van der Waals surface area contributed by atoms with Crippen LogP contribution in [0.15, 0.2) is 42.5 Å². The molecule has 3 amide bonds. The molecule has 0 unspecified atom stereocenters. The Labute approximate surface area is 216 Å². The molecular formula is C27H31Cl2N3O3. The van der Waals surface area contributed by atoms with E-state index >= 15 is 0 Å². The van der Waals surface area contributed by atoms with Crippen LogP contribution in [0.3, 0.4) is 0 Å². The van der Waals surface area contributed by atoms with Gasteiger partial charge in [-0.2, -0.15) is 0 Å². The molecule has 2 fully saturated rings. The lowest BCUT2D eigenvalue weighted by atomic mass is 9.88. The van der Waals surface area contributed by atoms with Gasteiger partial charge in [-0.15, -0.1) is 0 Å². The molecule has 1 aliphatic carbocycles. The summed E-state index contributed by atoms with van der Waals surface area (Å²) in [7, 11) is 0. The average Bonchev–Trinajstić information content (AvgIpc) is 2.86. The molecule has 1 saturated carbocycles. The van der Waals surface area contributed by atoms with Gasteiger partial charge in [-0.05, 0) is 62.4 Å². The molecule has 0 spiro atoms. The molecule has 2 aromatic carbocycles. The van der Waals surface area contributed by atoms with Gasteiger partial charge in [0.1, 0.15) is 0 Å². The van der Waals surface area contributed by atoms with Gasteiger partial charge < -0.3 is 15.5 Å². The number of likely N-dealkylation sites (tertiary alicyclic amines) is 1. The third-order valence-electron chi connectivity index (χ3n) is 7.12. The minimum atomic E-state index is -0.150. The number of amides is 3. The second kappa shape index (κ2) is 11.4. The number of hydrogen-bond donors (Lipinski definition) is 2. The van der Waals surface area contributed by atoms with Crippen LogP contribution in [0, 0.1) is 12.8 Å². The molecule has 186 valence electrons. The Morgan fingerprint density at radius 1 is 0.857 bits per heavy atom. The highest BCUT2D eigenvalue weighted by Gasteiger charge is 2.33. The summed E-state index contributed by atoms with van der Waals surface area (Å²) < 4.78 is 0. The highest BCUT2D eigenvalue weighted by atomic mass is 35.5. The van der Waals surface area contributed by atoms with Crippen molar-refractivity contribution < 1.29 is 14.4 Å². The number of piperidine rings is 1. The lowest BCUT2D eigenvalue weighted by Crippen LogP contribution is -2.55. The first kappa shape index (κ1) is 25.5. The molecule has 1 aliphatic heterocycles. The molecule has 0 aromatic heterocycles. The van der Waals surface area contributed by atoms with Crippen LogP contribution in [0.2, 0.25) is 10.0 Å². The van der Waals surface area contributed by atoms with Crippen molar-refractivity contribution in [3.63, 3.8) is 0 Å². The molecule has 1 heterocycles. The number of carbonyl (C=O) groups excluding carboxylic acids is 3. The molecule has 6 nitrogen and oxygen atoms in total. The monoisotopic (exact) mass is 515 g/mol. The standard InChI is InChI=1S/C27H31Cl2N3O3/c1-17-6-2-3-7-20(17)26(34)31-24-9-5-4-8-23(24)30-25(33)18-12-14-32(15-13-18)27(35)19-10-11-21(28)22(29)16-19/h2-3,6-7,10-11,16,18,23-24H,4-5,8-9,12-15H2,1H3,(H,30,33)(H,31,34)/t23-,24-/m1/s1. The summed E-state index contributed by atoms with van der Waals surface area (Å²) in [6.45, 7) is 2.94. The fraction of sp³-hybridized carbons (Fsp3) is 0.444. The number of nitrogens with zero attached hydrogens (tertiary/aromatic N) is 1. The van der Waals surface area contributed by atoms with E-state index in [1.165, 1.54) is 0 Å². The van der Waals surface area contributed by atoms with Gasteiger partial charge in [0.25, 0.3) is 11.8 Å². The van der Waals surface area contributed by atoms with Gasteiger partial charge in [0, 0.05) is 42.2 Å². The maximum Gasteiger partial charge on any atom is 0.253 e. The van der Waals surface area contributed by atoms with Crippen molar-refractivity contribution in [1.29, 1.82) is 0 Å². The van der Waals surface area contributed by atoms with E-state index in [-0.39, 0.29) is 35.7 Å². The lowest BCUT2D eigenvalue weighted by molar-refractivity contribution is -0.127. The van der Waals surface area contributed by atoms with E-state index < -0.39 is 0 Å². The first-order chi connectivity index (χ1) is 16.8. The topological polar surface area (TPSA) is 78.5 Å². The van der Waals surface area contributed by atoms with Gasteiger partial charge in [0.05, 0.1) is 10.0 Å². The number of rotatable bonds is 5. The maximum atomic E-state index is 13.1. The van der Waals surface area contributed by atoms with E-state index in [4.69, 9.17) is 23.2 Å². The predicted octanol–water partition coefficient (Wildman–Crippen LogP) is 5.01. The largest absolute Gasteiger partial charge is 0.351 e. The van der Waals surface area contributed by atoms with Crippen molar-refractivity contribution >= 4 is 40.9 Å². The van der Waals surface area contributed by atoms with Gasteiger partial charge in [-0.3, -0.25) is 14.4 Å². The third kappa shape index (κ3) is 6.17. The molecule has 0 bridgehead atoms. The second-order valence-electron chi connectivity index (χ2n) is 9.49. The maximum absolute atomic E-state index is 13.1. The zero-order valence-corrected chi connectivity index (χ0v) is 21.4. The van der Waals surface area contributed by atoms with Crippen LogP contribution >= 0.6 is 23.2 Å². The van der Waals surface area contributed by atoms with E-state index in [1.807, 2.05) is 31.2 Å². The Morgan fingerprint density at radius 3 is 2.17 bits per heavy atom. The van der Waals surface area contributed by atoms with Crippen molar-refractivity contribution in [3.05, 3.63) is 69.2 Å². The minimum Gasteiger partial charge on any atom is -0.351 e. The first-order valence-corrected chi connectivity index (χ1v) is 13.0. The van der Waals surface area contributed by atoms with E-state index in [1.54, 1.807) is 23.1 Å². The third-order valence-corrected chi connectivity index (χ3v) is 7.86. The van der Waals surface area contributed by atoms with Gasteiger partial charge in [-0.1, -0.05) is 54.2 Å². The molecule has 2 N–H and O–H groups in total. The molecular weight excluding hydrogens is 485 g/mol. The van der Waals surface area contributed by atoms with Crippen LogP contribution < -0.4 is 10.6 Å². The molecule has 1 saturated heterocycles. The van der Waals surface area contributed by atoms with Crippen molar-refractivity contribution in [2.24, 2.45) is 5.92 Å². The van der Waals surface area contributed by atoms with E-state index in [2.05, 4.69) is 10.6 Å². The molecule has 2 aromatic rings. The van der Waals surface area contributed by atoms with E-state index in [9.17, 15) is 14.4 Å². The number of halogens is 2. The Kier molecular flexibility index (Phi) is 8.34. The average molecular weight is 516 g/mol. The molecule has 0 radical (unpaired) electrons. The van der Waals surface area contributed by atoms with Gasteiger partial charge in [0.2, 0.25) is 5.91 Å². The number of benzene rings is 2. The number of carbonyl (C=O) groups is 3. The summed E-state index contributed by atoms with van der Waals surface area (Å²) in [6, 6.07) is 12.2. The smallest absolute Gasteiger partial charge is 0.253 e. The van der Waals surface area contributed by atoms with Crippen molar-refractivity contribution in [2.45, 2.75) is 57.5 Å². The SMILES string of the molecule is Cc1ccccc1C(=O)N[C@@H]1CCCC[C@H]1NC(=O)C1CCN(C(=O)c2ccc(Cl)c(Cl)c2)CC1. The molecule has 35 heavy (non-hydrogen) atoms. The summed E-state index contributed by atoms with van der Waals surface area (Å²) in [5.74, 6) is -0.340. The number of nitrogens with one attached hydrogen (secondary N) is 2. The van der Waals surface area contributed by atoms with E-state index in [0.717, 1.165) is 31.2 Å². The summed E-state index contributed by atoms with van der Waals surface area (Å²) in [5.41, 5.74) is 2.10.